The molecule has 0 bridgehead atoms. The molecule has 3 nitrogen and oxygen atoms in total. The van der Waals surface area contributed by atoms with Crippen molar-refractivity contribution in [3.8, 4) is 0 Å². The molecule has 0 spiro atoms. The Labute approximate surface area is 81.8 Å². The number of carbonyl (C=O) groups is 1. The molecule has 0 radical (unpaired) electrons. The van der Waals surface area contributed by atoms with E-state index in [0.717, 1.165) is 17.1 Å². The van der Waals surface area contributed by atoms with Crippen LogP contribution in [0.15, 0.2) is 5.38 Å². The average molecular weight is 199 g/mol. The fourth-order valence-corrected chi connectivity index (χ4v) is 1.67. The van der Waals surface area contributed by atoms with Gasteiger partial charge in [-0.05, 0) is 13.3 Å². The van der Waals surface area contributed by atoms with Gasteiger partial charge in [-0.25, -0.2) is 4.98 Å². The van der Waals surface area contributed by atoms with Gasteiger partial charge in [0.25, 0.3) is 0 Å². The highest BCUT2D eigenvalue weighted by Gasteiger charge is 2.03. The van der Waals surface area contributed by atoms with E-state index < -0.39 is 0 Å². The van der Waals surface area contributed by atoms with E-state index in [1.165, 1.54) is 7.11 Å². The highest BCUT2D eigenvalue weighted by Crippen LogP contribution is 2.09. The van der Waals surface area contributed by atoms with Gasteiger partial charge in [0.2, 0.25) is 0 Å². The van der Waals surface area contributed by atoms with Crippen LogP contribution >= 0.6 is 11.3 Å². The number of hydrogen-bond donors (Lipinski definition) is 0. The molecule has 0 fully saturated rings. The zero-order chi connectivity index (χ0) is 9.68. The highest BCUT2D eigenvalue weighted by molar-refractivity contribution is 7.09. The Bertz CT molecular complexity index is 283. The summed E-state index contributed by atoms with van der Waals surface area (Å²) < 4.78 is 4.73. The smallest absolute Gasteiger partial charge is 0.158 e. The first kappa shape index (κ1) is 10.3. The number of carbonyl (C=O) groups excluding carboxylic acids is 1. The predicted octanol–water partition coefficient (Wildman–Crippen LogP) is 1.60. The second-order valence-corrected chi connectivity index (χ2v) is 3.89. The van der Waals surface area contributed by atoms with Gasteiger partial charge in [0.15, 0.2) is 5.78 Å². The van der Waals surface area contributed by atoms with E-state index in [2.05, 4.69) is 4.98 Å². The Morgan fingerprint density at radius 1 is 1.69 bits per heavy atom. The van der Waals surface area contributed by atoms with E-state index in [9.17, 15) is 4.79 Å². The van der Waals surface area contributed by atoms with E-state index >= 15 is 0 Å². The minimum absolute atomic E-state index is 0.133. The molecule has 0 aliphatic heterocycles. The highest BCUT2D eigenvalue weighted by atomic mass is 32.1. The summed E-state index contributed by atoms with van der Waals surface area (Å²) in [6, 6.07) is 0. The average Bonchev–Trinajstić information content (AvgIpc) is 2.49. The predicted molar refractivity (Wildman–Crippen MR) is 52.1 cm³/mol. The molecular weight excluding hydrogens is 186 g/mol. The molecule has 0 amide bonds. The lowest BCUT2D eigenvalue weighted by atomic mass is 10.2. The molecule has 72 valence electrons. The normalized spacial score (nSPS) is 10.3. The van der Waals surface area contributed by atoms with E-state index in [0.29, 0.717) is 6.42 Å². The van der Waals surface area contributed by atoms with Gasteiger partial charge in [-0.3, -0.25) is 4.79 Å². The molecule has 1 rings (SSSR count). The van der Waals surface area contributed by atoms with Crippen molar-refractivity contribution < 1.29 is 9.53 Å². The first-order valence-corrected chi connectivity index (χ1v) is 5.02. The quantitative estimate of drug-likeness (QED) is 0.723. The first-order valence-electron chi connectivity index (χ1n) is 4.14. The molecule has 0 N–H and O–H groups in total. The fourth-order valence-electron chi connectivity index (χ4n) is 1.02. The SMILES string of the molecule is COCC(=O)CCc1csc(C)n1. The third-order valence-corrected chi connectivity index (χ3v) is 2.45. The lowest BCUT2D eigenvalue weighted by molar-refractivity contribution is -0.122. The zero-order valence-electron chi connectivity index (χ0n) is 7.87. The molecule has 1 aromatic rings. The monoisotopic (exact) mass is 199 g/mol. The molecule has 0 aliphatic carbocycles. The van der Waals surface area contributed by atoms with E-state index in [4.69, 9.17) is 4.74 Å². The minimum atomic E-state index is 0.133. The van der Waals surface area contributed by atoms with Crippen molar-refractivity contribution in [1.82, 2.24) is 4.98 Å². The van der Waals surface area contributed by atoms with Crippen molar-refractivity contribution in [2.24, 2.45) is 0 Å². The summed E-state index contributed by atoms with van der Waals surface area (Å²) >= 11 is 1.62. The number of ketones is 1. The van der Waals surface area contributed by atoms with Gasteiger partial charge >= 0.3 is 0 Å². The van der Waals surface area contributed by atoms with Crippen LogP contribution in [0.1, 0.15) is 17.1 Å². The molecule has 0 saturated heterocycles. The number of aromatic nitrogens is 1. The van der Waals surface area contributed by atoms with E-state index in [1.54, 1.807) is 11.3 Å². The summed E-state index contributed by atoms with van der Waals surface area (Å²) in [5, 5.41) is 3.05. The lowest BCUT2D eigenvalue weighted by Gasteiger charge is -1.96. The Hall–Kier alpha value is -0.740. The number of thiazole rings is 1. The van der Waals surface area contributed by atoms with E-state index in [1.807, 2.05) is 12.3 Å². The van der Waals surface area contributed by atoms with Gasteiger partial charge in [-0.1, -0.05) is 0 Å². The number of rotatable bonds is 5. The first-order chi connectivity index (χ1) is 6.22. The minimum Gasteiger partial charge on any atom is -0.377 e. The number of hydrogen-bond acceptors (Lipinski definition) is 4. The summed E-state index contributed by atoms with van der Waals surface area (Å²) in [6.07, 6.45) is 1.25. The summed E-state index contributed by atoms with van der Waals surface area (Å²) in [7, 11) is 1.53. The maximum atomic E-state index is 11.1. The second kappa shape index (κ2) is 5.09. The standard InChI is InChI=1S/C9H13NO2S/c1-7-10-8(6-13-7)3-4-9(11)5-12-2/h6H,3-5H2,1-2H3. The molecule has 1 aromatic heterocycles. The summed E-state index contributed by atoms with van der Waals surface area (Å²) in [6.45, 7) is 2.17. The van der Waals surface area contributed by atoms with Crippen molar-refractivity contribution in [2.75, 3.05) is 13.7 Å². The Morgan fingerprint density at radius 3 is 3.00 bits per heavy atom. The lowest BCUT2D eigenvalue weighted by Crippen LogP contribution is -2.07. The van der Waals surface area contributed by atoms with Crippen LogP contribution in [-0.4, -0.2) is 24.5 Å². The van der Waals surface area contributed by atoms with Crippen LogP contribution in [0.4, 0.5) is 0 Å². The molecule has 0 aliphatic rings. The molecule has 13 heavy (non-hydrogen) atoms. The third kappa shape index (κ3) is 3.65. The van der Waals surface area contributed by atoms with Gasteiger partial charge in [-0.15, -0.1) is 11.3 Å². The molecule has 0 saturated carbocycles. The number of nitrogens with zero attached hydrogens (tertiary/aromatic N) is 1. The molecule has 0 unspecified atom stereocenters. The second-order valence-electron chi connectivity index (χ2n) is 2.83. The summed E-state index contributed by atoms with van der Waals surface area (Å²) in [4.78, 5) is 15.3. The van der Waals surface area contributed by atoms with Crippen LogP contribution in [0.5, 0.6) is 0 Å². The molecule has 0 aromatic carbocycles. The molecule has 0 atom stereocenters. The summed E-state index contributed by atoms with van der Waals surface area (Å²) in [5.41, 5.74) is 1.01. The van der Waals surface area contributed by atoms with Gasteiger partial charge in [-0.2, -0.15) is 0 Å². The number of Topliss-reactive ketones (excluding diaryl/α,β-unsaturated/α-hetero) is 1. The van der Waals surface area contributed by atoms with Crippen molar-refractivity contribution in [3.05, 3.63) is 16.1 Å². The third-order valence-electron chi connectivity index (χ3n) is 1.63. The largest absolute Gasteiger partial charge is 0.377 e. The molecular formula is C9H13NO2S. The maximum Gasteiger partial charge on any atom is 0.158 e. The van der Waals surface area contributed by atoms with Crippen molar-refractivity contribution in [3.63, 3.8) is 0 Å². The number of methoxy groups -OCH3 is 1. The van der Waals surface area contributed by atoms with Crippen LogP contribution in [0.3, 0.4) is 0 Å². The number of aryl methyl sites for hydroxylation is 2. The van der Waals surface area contributed by atoms with Crippen LogP contribution < -0.4 is 0 Å². The van der Waals surface area contributed by atoms with Crippen molar-refractivity contribution in [1.29, 1.82) is 0 Å². The van der Waals surface area contributed by atoms with Crippen molar-refractivity contribution in [2.45, 2.75) is 19.8 Å². The Kier molecular flexibility index (Phi) is 4.05. The van der Waals surface area contributed by atoms with Crippen molar-refractivity contribution >= 4 is 17.1 Å². The molecule has 1 heterocycles. The zero-order valence-corrected chi connectivity index (χ0v) is 8.69. The van der Waals surface area contributed by atoms with Gasteiger partial charge in [0, 0.05) is 18.9 Å². The van der Waals surface area contributed by atoms with Crippen LogP contribution in [0.25, 0.3) is 0 Å². The maximum absolute atomic E-state index is 11.1. The molecule has 4 heteroatoms. The van der Waals surface area contributed by atoms with Crippen LogP contribution in [-0.2, 0) is 16.0 Å². The van der Waals surface area contributed by atoms with Gasteiger partial charge in [0.05, 0.1) is 10.7 Å². The van der Waals surface area contributed by atoms with Crippen LogP contribution in [0, 0.1) is 6.92 Å². The van der Waals surface area contributed by atoms with Gasteiger partial charge < -0.3 is 4.74 Å². The fraction of sp³-hybridized carbons (Fsp3) is 0.556. The summed E-state index contributed by atoms with van der Waals surface area (Å²) in [5.74, 6) is 0.133. The van der Waals surface area contributed by atoms with Gasteiger partial charge in [0.1, 0.15) is 6.61 Å². The topological polar surface area (TPSA) is 39.2 Å². The Balaban J connectivity index is 2.30. The Morgan fingerprint density at radius 2 is 2.46 bits per heavy atom. The van der Waals surface area contributed by atoms with E-state index in [-0.39, 0.29) is 12.4 Å². The number of ether oxygens (including phenoxy) is 1. The van der Waals surface area contributed by atoms with Crippen LogP contribution in [0.2, 0.25) is 0 Å².